The van der Waals surface area contributed by atoms with Crippen LogP contribution in [0.3, 0.4) is 0 Å². The fourth-order valence-electron chi connectivity index (χ4n) is 1.60. The second kappa shape index (κ2) is 4.29. The van der Waals surface area contributed by atoms with Gasteiger partial charge in [-0.25, -0.2) is 0 Å². The number of aliphatic carboxylic acids is 1. The van der Waals surface area contributed by atoms with Gasteiger partial charge in [-0.2, -0.15) is 0 Å². The Morgan fingerprint density at radius 1 is 1.53 bits per heavy atom. The van der Waals surface area contributed by atoms with E-state index >= 15 is 0 Å². The summed E-state index contributed by atoms with van der Waals surface area (Å²) in [6, 6.07) is 0. The number of carboxylic acid groups (broad SMARTS) is 1. The van der Waals surface area contributed by atoms with Crippen LogP contribution in [0.1, 0.15) is 29.7 Å². The van der Waals surface area contributed by atoms with Crippen LogP contribution in [0.2, 0.25) is 0 Å². The molecule has 0 amide bonds. The molecule has 0 aliphatic carbocycles. The third-order valence-corrected chi connectivity index (χ3v) is 2.46. The minimum absolute atomic E-state index is 0.560. The van der Waals surface area contributed by atoms with Gasteiger partial charge in [0, 0.05) is 17.3 Å². The van der Waals surface area contributed by atoms with Crippen LogP contribution < -0.4 is 4.74 Å². The lowest BCUT2D eigenvalue weighted by atomic mass is 10.0. The fraction of sp³-hybridized carbons (Fsp3) is 0.455. The van der Waals surface area contributed by atoms with Crippen LogP contribution >= 0.6 is 0 Å². The maximum absolute atomic E-state index is 10.9. The Morgan fingerprint density at radius 3 is 2.60 bits per heavy atom. The lowest BCUT2D eigenvalue weighted by molar-refractivity contribution is -0.138. The number of hydrogen-bond donors (Lipinski definition) is 1. The van der Waals surface area contributed by atoms with Crippen molar-refractivity contribution in [2.24, 2.45) is 0 Å². The molecule has 0 aliphatic heterocycles. The van der Waals surface area contributed by atoms with Crippen LogP contribution in [0.5, 0.6) is 5.75 Å². The Hall–Kier alpha value is -1.58. The number of ether oxygens (including phenoxy) is 1. The highest BCUT2D eigenvalue weighted by molar-refractivity contribution is 5.75. The number of pyridine rings is 1. The monoisotopic (exact) mass is 209 g/mol. The van der Waals surface area contributed by atoms with Crippen LogP contribution in [0, 0.1) is 13.8 Å². The third kappa shape index (κ3) is 2.09. The SMILES string of the molecule is COc1c(C)cnc(C(C)C(=O)O)c1C. The topological polar surface area (TPSA) is 59.4 Å². The second-order valence-corrected chi connectivity index (χ2v) is 3.54. The number of carboxylic acids is 1. The molecule has 0 saturated carbocycles. The van der Waals surface area contributed by atoms with Crippen LogP contribution in [0.4, 0.5) is 0 Å². The summed E-state index contributed by atoms with van der Waals surface area (Å²) in [5.41, 5.74) is 2.27. The lowest BCUT2D eigenvalue weighted by Crippen LogP contribution is -2.12. The first-order valence-electron chi connectivity index (χ1n) is 4.72. The van der Waals surface area contributed by atoms with Crippen molar-refractivity contribution in [3.8, 4) is 5.75 Å². The van der Waals surface area contributed by atoms with Crippen molar-refractivity contribution in [3.05, 3.63) is 23.0 Å². The molecule has 1 aromatic rings. The van der Waals surface area contributed by atoms with E-state index in [1.165, 1.54) is 0 Å². The molecule has 82 valence electrons. The molecule has 1 rings (SSSR count). The van der Waals surface area contributed by atoms with Crippen molar-refractivity contribution in [2.45, 2.75) is 26.7 Å². The van der Waals surface area contributed by atoms with Crippen molar-refractivity contribution in [3.63, 3.8) is 0 Å². The minimum Gasteiger partial charge on any atom is -0.496 e. The van der Waals surface area contributed by atoms with Crippen LogP contribution in [-0.2, 0) is 4.79 Å². The molecule has 0 saturated heterocycles. The first-order chi connectivity index (χ1) is 6.99. The van der Waals surface area contributed by atoms with E-state index in [0.29, 0.717) is 11.4 Å². The summed E-state index contributed by atoms with van der Waals surface area (Å²) in [6.45, 7) is 5.33. The van der Waals surface area contributed by atoms with Gasteiger partial charge in [-0.1, -0.05) is 0 Å². The van der Waals surface area contributed by atoms with Gasteiger partial charge in [-0.15, -0.1) is 0 Å². The molecule has 0 aliphatic rings. The highest BCUT2D eigenvalue weighted by Gasteiger charge is 2.20. The molecule has 0 fully saturated rings. The summed E-state index contributed by atoms with van der Waals surface area (Å²) in [6.07, 6.45) is 1.64. The number of aromatic nitrogens is 1. The standard InChI is InChI=1S/C11H15NO3/c1-6-5-12-9(8(3)11(13)14)7(2)10(6)15-4/h5,8H,1-4H3,(H,13,14). The minimum atomic E-state index is -0.878. The average molecular weight is 209 g/mol. The van der Waals surface area contributed by atoms with Gasteiger partial charge in [0.05, 0.1) is 18.7 Å². The summed E-state index contributed by atoms with van der Waals surface area (Å²) >= 11 is 0. The molecule has 0 aromatic carbocycles. The molecule has 4 heteroatoms. The number of methoxy groups -OCH3 is 1. The summed E-state index contributed by atoms with van der Waals surface area (Å²) in [7, 11) is 1.57. The van der Waals surface area contributed by atoms with Crippen molar-refractivity contribution >= 4 is 5.97 Å². The number of carbonyl (C=O) groups is 1. The van der Waals surface area contributed by atoms with E-state index < -0.39 is 11.9 Å². The molecule has 0 bridgehead atoms. The first-order valence-corrected chi connectivity index (χ1v) is 4.72. The Balaban J connectivity index is 3.27. The van der Waals surface area contributed by atoms with E-state index in [2.05, 4.69) is 4.98 Å². The van der Waals surface area contributed by atoms with E-state index in [1.54, 1.807) is 20.2 Å². The van der Waals surface area contributed by atoms with E-state index in [9.17, 15) is 4.79 Å². The van der Waals surface area contributed by atoms with Crippen molar-refractivity contribution in [2.75, 3.05) is 7.11 Å². The summed E-state index contributed by atoms with van der Waals surface area (Å²) < 4.78 is 5.21. The molecule has 0 spiro atoms. The van der Waals surface area contributed by atoms with Crippen molar-refractivity contribution in [1.29, 1.82) is 0 Å². The largest absolute Gasteiger partial charge is 0.496 e. The molecule has 0 radical (unpaired) electrons. The van der Waals surface area contributed by atoms with E-state index in [4.69, 9.17) is 9.84 Å². The fourth-order valence-corrected chi connectivity index (χ4v) is 1.60. The zero-order chi connectivity index (χ0) is 11.6. The zero-order valence-corrected chi connectivity index (χ0v) is 9.37. The molecule has 1 atom stereocenters. The van der Waals surface area contributed by atoms with Crippen LogP contribution in [-0.4, -0.2) is 23.2 Å². The number of aryl methyl sites for hydroxylation is 1. The third-order valence-electron chi connectivity index (χ3n) is 2.46. The predicted octanol–water partition coefficient (Wildman–Crippen LogP) is 1.90. The van der Waals surface area contributed by atoms with Gasteiger partial charge in [0.25, 0.3) is 0 Å². The molecule has 1 heterocycles. The van der Waals surface area contributed by atoms with Gasteiger partial charge in [0.15, 0.2) is 0 Å². The highest BCUT2D eigenvalue weighted by atomic mass is 16.5. The first kappa shape index (κ1) is 11.5. The quantitative estimate of drug-likeness (QED) is 0.825. The summed E-state index contributed by atoms with van der Waals surface area (Å²) in [4.78, 5) is 15.0. The molecular weight excluding hydrogens is 194 g/mol. The average Bonchev–Trinajstić information content (AvgIpc) is 2.17. The lowest BCUT2D eigenvalue weighted by Gasteiger charge is -2.14. The smallest absolute Gasteiger partial charge is 0.312 e. The van der Waals surface area contributed by atoms with Gasteiger partial charge in [0.2, 0.25) is 0 Å². The number of hydrogen-bond acceptors (Lipinski definition) is 3. The number of nitrogens with zero attached hydrogens (tertiary/aromatic N) is 1. The van der Waals surface area contributed by atoms with E-state index in [-0.39, 0.29) is 0 Å². The Bertz CT molecular complexity index is 388. The molecule has 15 heavy (non-hydrogen) atoms. The van der Waals surface area contributed by atoms with Gasteiger partial charge < -0.3 is 9.84 Å². The highest BCUT2D eigenvalue weighted by Crippen LogP contribution is 2.28. The van der Waals surface area contributed by atoms with Gasteiger partial charge >= 0.3 is 5.97 Å². The maximum atomic E-state index is 10.9. The molecule has 1 aromatic heterocycles. The normalized spacial score (nSPS) is 12.3. The van der Waals surface area contributed by atoms with E-state index in [0.717, 1.165) is 11.1 Å². The summed E-state index contributed by atoms with van der Waals surface area (Å²) in [5.74, 6) is -0.774. The zero-order valence-electron chi connectivity index (χ0n) is 9.37. The molecule has 1 unspecified atom stereocenters. The number of rotatable bonds is 3. The molecule has 4 nitrogen and oxygen atoms in total. The van der Waals surface area contributed by atoms with Gasteiger partial charge in [0.1, 0.15) is 5.75 Å². The molecular formula is C11H15NO3. The second-order valence-electron chi connectivity index (χ2n) is 3.54. The Kier molecular flexibility index (Phi) is 3.29. The van der Waals surface area contributed by atoms with Crippen LogP contribution in [0.25, 0.3) is 0 Å². The Morgan fingerprint density at radius 2 is 2.13 bits per heavy atom. The van der Waals surface area contributed by atoms with Crippen LogP contribution in [0.15, 0.2) is 6.20 Å². The molecule has 1 N–H and O–H groups in total. The Labute approximate surface area is 88.9 Å². The maximum Gasteiger partial charge on any atom is 0.312 e. The van der Waals surface area contributed by atoms with Crippen molar-refractivity contribution < 1.29 is 14.6 Å². The summed E-state index contributed by atoms with van der Waals surface area (Å²) in [5, 5.41) is 8.91. The van der Waals surface area contributed by atoms with E-state index in [1.807, 2.05) is 13.8 Å². The van der Waals surface area contributed by atoms with Crippen molar-refractivity contribution in [1.82, 2.24) is 4.98 Å². The van der Waals surface area contributed by atoms with Gasteiger partial charge in [-0.05, 0) is 20.8 Å². The predicted molar refractivity (Wildman–Crippen MR) is 56.3 cm³/mol. The van der Waals surface area contributed by atoms with Gasteiger partial charge in [-0.3, -0.25) is 9.78 Å².